The molecule has 23 heavy (non-hydrogen) atoms. The Hall–Kier alpha value is -1.12. The van der Waals surface area contributed by atoms with Gasteiger partial charge in [0, 0.05) is 0 Å². The van der Waals surface area contributed by atoms with Crippen LogP contribution in [0.2, 0.25) is 0 Å². The molecule has 0 saturated carbocycles. The van der Waals surface area contributed by atoms with Crippen LogP contribution in [0.25, 0.3) is 0 Å². The summed E-state index contributed by atoms with van der Waals surface area (Å²) in [6.07, 6.45) is 7.48. The Morgan fingerprint density at radius 1 is 0.957 bits per heavy atom. The van der Waals surface area contributed by atoms with Gasteiger partial charge >= 0.3 is 0 Å². The van der Waals surface area contributed by atoms with Gasteiger partial charge in [-0.1, -0.05) is 76.4 Å². The van der Waals surface area contributed by atoms with E-state index in [-0.39, 0.29) is 12.3 Å². The molecule has 1 rings (SSSR count). The molecular formula is C21H35NO. The van der Waals surface area contributed by atoms with Crippen LogP contribution in [0.15, 0.2) is 41.5 Å². The van der Waals surface area contributed by atoms with Crippen LogP contribution in [0.5, 0.6) is 0 Å². The van der Waals surface area contributed by atoms with E-state index in [2.05, 4.69) is 58.0 Å². The van der Waals surface area contributed by atoms with Crippen molar-refractivity contribution in [1.29, 1.82) is 0 Å². The first kappa shape index (κ1) is 19.9. The van der Waals surface area contributed by atoms with Crippen molar-refractivity contribution in [3.8, 4) is 0 Å². The molecule has 2 N–H and O–H groups in total. The van der Waals surface area contributed by atoms with Gasteiger partial charge in [0.2, 0.25) is 0 Å². The van der Waals surface area contributed by atoms with E-state index < -0.39 is 0 Å². The second-order valence-electron chi connectivity index (χ2n) is 6.15. The highest BCUT2D eigenvalue weighted by molar-refractivity contribution is 5.29. The molecule has 130 valence electrons. The van der Waals surface area contributed by atoms with Crippen LogP contribution in [0, 0.1) is 0 Å². The summed E-state index contributed by atoms with van der Waals surface area (Å²) in [6.45, 7) is 8.91. The summed E-state index contributed by atoms with van der Waals surface area (Å²) in [5.74, 6) is 0. The van der Waals surface area contributed by atoms with Gasteiger partial charge in [0.1, 0.15) is 12.3 Å². The number of allylic oxidation sites excluding steroid dienone is 1. The smallest absolute Gasteiger partial charge is 0.106 e. The van der Waals surface area contributed by atoms with Crippen molar-refractivity contribution in [2.45, 2.75) is 85.0 Å². The van der Waals surface area contributed by atoms with E-state index in [9.17, 15) is 0 Å². The van der Waals surface area contributed by atoms with Gasteiger partial charge in [0.15, 0.2) is 0 Å². The molecule has 0 spiro atoms. The predicted molar refractivity (Wildman–Crippen MR) is 100 cm³/mol. The Kier molecular flexibility index (Phi) is 9.89. The Morgan fingerprint density at radius 2 is 1.61 bits per heavy atom. The van der Waals surface area contributed by atoms with Crippen molar-refractivity contribution < 1.29 is 4.74 Å². The molecule has 0 amide bonds. The third-order valence-electron chi connectivity index (χ3n) is 4.51. The van der Waals surface area contributed by atoms with Crippen LogP contribution in [0.4, 0.5) is 0 Å². The van der Waals surface area contributed by atoms with E-state index in [0.717, 1.165) is 32.1 Å². The molecule has 0 aliphatic rings. The van der Waals surface area contributed by atoms with Gasteiger partial charge in [-0.25, -0.2) is 0 Å². The normalized spacial score (nSPS) is 13.6. The first-order chi connectivity index (χ1) is 11.2. The van der Waals surface area contributed by atoms with Gasteiger partial charge in [-0.05, 0) is 43.2 Å². The van der Waals surface area contributed by atoms with Crippen LogP contribution >= 0.6 is 0 Å². The summed E-state index contributed by atoms with van der Waals surface area (Å²) in [7, 11) is 0. The number of rotatable bonds is 11. The summed E-state index contributed by atoms with van der Waals surface area (Å²) < 4.78 is 6.34. The number of unbranched alkanes of at least 4 members (excludes halogenated alkanes) is 2. The van der Waals surface area contributed by atoms with Gasteiger partial charge < -0.3 is 10.5 Å². The van der Waals surface area contributed by atoms with Crippen molar-refractivity contribution in [2.24, 2.45) is 5.73 Å². The minimum Gasteiger partial charge on any atom is -0.351 e. The van der Waals surface area contributed by atoms with Gasteiger partial charge in [-0.15, -0.1) is 0 Å². The zero-order chi connectivity index (χ0) is 17.1. The van der Waals surface area contributed by atoms with E-state index in [1.54, 1.807) is 0 Å². The minimum absolute atomic E-state index is 0.00673. The Bertz CT molecular complexity index is 446. The maximum Gasteiger partial charge on any atom is 0.106 e. The molecule has 1 aromatic carbocycles. The van der Waals surface area contributed by atoms with Gasteiger partial charge in [0.05, 0.1) is 0 Å². The molecule has 2 heteroatoms. The number of benzene rings is 1. The highest BCUT2D eigenvalue weighted by Gasteiger charge is 2.21. The Morgan fingerprint density at radius 3 is 2.13 bits per heavy atom. The zero-order valence-electron chi connectivity index (χ0n) is 15.5. The van der Waals surface area contributed by atoms with Crippen molar-refractivity contribution in [3.63, 3.8) is 0 Å². The number of ether oxygens (including phenoxy) is 1. The summed E-state index contributed by atoms with van der Waals surface area (Å²) in [6, 6.07) is 10.5. The maximum atomic E-state index is 6.34. The summed E-state index contributed by atoms with van der Waals surface area (Å²) in [5, 5.41) is 0. The monoisotopic (exact) mass is 317 g/mol. The van der Waals surface area contributed by atoms with Gasteiger partial charge in [0.25, 0.3) is 0 Å². The summed E-state index contributed by atoms with van der Waals surface area (Å²) in [5.41, 5.74) is 10.4. The third-order valence-corrected chi connectivity index (χ3v) is 4.51. The number of hydrogen-bond donors (Lipinski definition) is 1. The van der Waals surface area contributed by atoms with E-state index in [0.29, 0.717) is 0 Å². The minimum atomic E-state index is -0.191. The van der Waals surface area contributed by atoms with Crippen LogP contribution in [0.1, 0.15) is 84.3 Å². The lowest BCUT2D eigenvalue weighted by Gasteiger charge is -2.27. The van der Waals surface area contributed by atoms with E-state index in [4.69, 9.17) is 10.5 Å². The largest absolute Gasteiger partial charge is 0.351 e. The second kappa shape index (κ2) is 11.4. The topological polar surface area (TPSA) is 35.2 Å². The Balaban J connectivity index is 3.00. The molecular weight excluding hydrogens is 282 g/mol. The Labute approximate surface area is 143 Å². The fourth-order valence-corrected chi connectivity index (χ4v) is 3.15. The molecule has 0 aliphatic carbocycles. The van der Waals surface area contributed by atoms with E-state index >= 15 is 0 Å². The maximum absolute atomic E-state index is 6.34. The molecule has 1 aromatic rings. The highest BCUT2D eigenvalue weighted by atomic mass is 16.5. The van der Waals surface area contributed by atoms with Crippen molar-refractivity contribution >= 4 is 0 Å². The number of hydrogen-bond acceptors (Lipinski definition) is 2. The van der Waals surface area contributed by atoms with Crippen molar-refractivity contribution in [1.82, 2.24) is 0 Å². The fourth-order valence-electron chi connectivity index (χ4n) is 3.15. The van der Waals surface area contributed by atoms with Crippen LogP contribution in [0.3, 0.4) is 0 Å². The lowest BCUT2D eigenvalue weighted by atomic mass is 9.92. The summed E-state index contributed by atoms with van der Waals surface area (Å²) >= 11 is 0. The van der Waals surface area contributed by atoms with Gasteiger partial charge in [-0.2, -0.15) is 0 Å². The molecule has 2 unspecified atom stereocenters. The van der Waals surface area contributed by atoms with Crippen molar-refractivity contribution in [2.75, 3.05) is 0 Å². The molecule has 0 aromatic heterocycles. The molecule has 2 atom stereocenters. The van der Waals surface area contributed by atoms with Gasteiger partial charge in [-0.3, -0.25) is 0 Å². The zero-order valence-corrected chi connectivity index (χ0v) is 15.5. The first-order valence-corrected chi connectivity index (χ1v) is 9.34. The second-order valence-corrected chi connectivity index (χ2v) is 6.15. The molecule has 0 heterocycles. The van der Waals surface area contributed by atoms with Crippen LogP contribution < -0.4 is 5.73 Å². The first-order valence-electron chi connectivity index (χ1n) is 9.34. The molecule has 0 radical (unpaired) electrons. The van der Waals surface area contributed by atoms with Crippen LogP contribution in [-0.2, 0) is 4.74 Å². The predicted octanol–water partition coefficient (Wildman–Crippen LogP) is 6.14. The molecule has 0 saturated heterocycles. The molecule has 0 fully saturated rings. The highest BCUT2D eigenvalue weighted by Crippen LogP contribution is 2.33. The van der Waals surface area contributed by atoms with E-state index in [1.165, 1.54) is 29.6 Å². The van der Waals surface area contributed by atoms with Crippen molar-refractivity contribution in [3.05, 3.63) is 47.0 Å². The lowest BCUT2D eigenvalue weighted by molar-refractivity contribution is 0.00191. The fraction of sp³-hybridized carbons (Fsp3) is 0.619. The molecule has 2 nitrogen and oxygen atoms in total. The average molecular weight is 318 g/mol. The molecule has 0 bridgehead atoms. The average Bonchev–Trinajstić information content (AvgIpc) is 2.59. The lowest BCUT2D eigenvalue weighted by Crippen LogP contribution is -2.27. The summed E-state index contributed by atoms with van der Waals surface area (Å²) in [4.78, 5) is 0. The molecule has 0 aliphatic heterocycles. The quantitative estimate of drug-likeness (QED) is 0.302. The number of nitrogens with two attached hydrogens (primary N) is 1. The standard InChI is InChI=1S/C21H35NO/c1-5-9-11-16-20(22)23-21(18-14-12-10-13-15-18)19(8-4)17(6-2)7-3/h10,12-15,20-21H,5-9,11,16,22H2,1-4H3. The van der Waals surface area contributed by atoms with Crippen LogP contribution in [-0.4, -0.2) is 6.23 Å². The third kappa shape index (κ3) is 6.48. The SMILES string of the molecule is CCCCCC(N)OC(C(CC)=C(CC)CC)c1ccccc1. The van der Waals surface area contributed by atoms with E-state index in [1.807, 2.05) is 0 Å².